The third kappa shape index (κ3) is 2.37. The lowest BCUT2D eigenvalue weighted by atomic mass is 10.2. The molecule has 1 saturated heterocycles. The summed E-state index contributed by atoms with van der Waals surface area (Å²) in [7, 11) is 0. The Kier molecular flexibility index (Phi) is 3.35. The van der Waals surface area contributed by atoms with Gasteiger partial charge >= 0.3 is 0 Å². The highest BCUT2D eigenvalue weighted by Crippen LogP contribution is 2.18. The van der Waals surface area contributed by atoms with Crippen LogP contribution in [0.3, 0.4) is 0 Å². The molecule has 1 aromatic carbocycles. The van der Waals surface area contributed by atoms with E-state index in [0.717, 1.165) is 18.8 Å². The maximum absolute atomic E-state index is 11.1. The molecule has 0 saturated carbocycles. The van der Waals surface area contributed by atoms with Crippen molar-refractivity contribution in [1.82, 2.24) is 5.32 Å². The minimum Gasteiger partial charge on any atom is -0.771 e. The number of rotatable bonds is 2. The average molecular weight is 225 g/mol. The quantitative estimate of drug-likeness (QED) is 0.736. The smallest absolute Gasteiger partial charge is 0.104 e. The fourth-order valence-electron chi connectivity index (χ4n) is 1.77. The molecule has 0 amide bonds. The minimum atomic E-state index is -2.07. The van der Waals surface area contributed by atoms with Gasteiger partial charge in [0, 0.05) is 25.3 Å². The fourth-order valence-corrected chi connectivity index (χ4v) is 2.45. The van der Waals surface area contributed by atoms with Gasteiger partial charge in [0.05, 0.1) is 0 Å². The molecule has 2 rings (SSSR count). The molecule has 0 aliphatic carbocycles. The number of benzene rings is 1. The minimum absolute atomic E-state index is 0.457. The van der Waals surface area contributed by atoms with E-state index in [9.17, 15) is 8.76 Å². The molecule has 1 aliphatic rings. The van der Waals surface area contributed by atoms with E-state index in [1.807, 2.05) is 35.2 Å². The van der Waals surface area contributed by atoms with E-state index in [2.05, 4.69) is 5.32 Å². The first-order chi connectivity index (χ1) is 7.29. The summed E-state index contributed by atoms with van der Waals surface area (Å²) < 4.78 is 22.1. The molecule has 1 fully saturated rings. The van der Waals surface area contributed by atoms with Gasteiger partial charge in [-0.15, -0.1) is 0 Å². The predicted molar refractivity (Wildman–Crippen MR) is 59.4 cm³/mol. The van der Waals surface area contributed by atoms with Gasteiger partial charge in [-0.3, -0.25) is 4.21 Å². The molecule has 2 unspecified atom stereocenters. The van der Waals surface area contributed by atoms with E-state index in [1.54, 1.807) is 0 Å². The van der Waals surface area contributed by atoms with Crippen LogP contribution in [0.1, 0.15) is 0 Å². The molecule has 1 aliphatic heterocycles. The Morgan fingerprint density at radius 3 is 2.80 bits per heavy atom. The Bertz CT molecular complexity index is 345. The monoisotopic (exact) mass is 225 g/mol. The molecular formula is C10H13N2O2S-. The average Bonchev–Trinajstić information content (AvgIpc) is 2.30. The number of nitrogens with one attached hydrogen (secondary N) is 1. The Hall–Kier alpha value is -0.910. The van der Waals surface area contributed by atoms with Crippen LogP contribution in [0.15, 0.2) is 30.3 Å². The van der Waals surface area contributed by atoms with E-state index >= 15 is 0 Å². The van der Waals surface area contributed by atoms with Gasteiger partial charge in [-0.05, 0) is 23.2 Å². The van der Waals surface area contributed by atoms with Crippen molar-refractivity contribution >= 4 is 16.8 Å². The van der Waals surface area contributed by atoms with Crippen molar-refractivity contribution in [2.24, 2.45) is 0 Å². The molecule has 4 nitrogen and oxygen atoms in total. The standard InChI is InChI=1S/C10H14N2O2S/c13-15(14)10-8-11-6-7-12(10)9-4-2-1-3-5-9/h1-5,10-11H,6-8H2,(H,13,14)/p-1. The van der Waals surface area contributed by atoms with Crippen molar-refractivity contribution in [3.8, 4) is 0 Å². The van der Waals surface area contributed by atoms with Crippen LogP contribution in [0.25, 0.3) is 0 Å². The molecule has 0 radical (unpaired) electrons. The van der Waals surface area contributed by atoms with Crippen molar-refractivity contribution in [3.05, 3.63) is 30.3 Å². The predicted octanol–water partition coefficient (Wildman–Crippen LogP) is 0.301. The first-order valence-corrected chi connectivity index (χ1v) is 6.03. The first-order valence-electron chi connectivity index (χ1n) is 4.89. The lowest BCUT2D eigenvalue weighted by Crippen LogP contribution is -2.53. The van der Waals surface area contributed by atoms with Gasteiger partial charge in [0.15, 0.2) is 0 Å². The second-order valence-electron chi connectivity index (χ2n) is 3.45. The van der Waals surface area contributed by atoms with Gasteiger partial charge < -0.3 is 14.8 Å². The maximum atomic E-state index is 11.1. The molecule has 1 N–H and O–H groups in total. The van der Waals surface area contributed by atoms with Crippen LogP contribution >= 0.6 is 0 Å². The summed E-state index contributed by atoms with van der Waals surface area (Å²) in [6.07, 6.45) is 0. The molecule has 1 aromatic rings. The normalized spacial score (nSPS) is 23.8. The summed E-state index contributed by atoms with van der Waals surface area (Å²) in [5, 5.41) is 2.62. The molecule has 1 heterocycles. The van der Waals surface area contributed by atoms with E-state index in [1.165, 1.54) is 0 Å². The van der Waals surface area contributed by atoms with Crippen LogP contribution < -0.4 is 10.2 Å². The van der Waals surface area contributed by atoms with Gasteiger partial charge in [-0.25, -0.2) is 0 Å². The van der Waals surface area contributed by atoms with Crippen molar-refractivity contribution in [3.63, 3.8) is 0 Å². The molecule has 0 spiro atoms. The summed E-state index contributed by atoms with van der Waals surface area (Å²) >= 11 is -2.07. The third-order valence-electron chi connectivity index (χ3n) is 2.51. The van der Waals surface area contributed by atoms with Crippen molar-refractivity contribution in [1.29, 1.82) is 0 Å². The van der Waals surface area contributed by atoms with Crippen molar-refractivity contribution in [2.45, 2.75) is 5.37 Å². The van der Waals surface area contributed by atoms with E-state index in [-0.39, 0.29) is 0 Å². The number of nitrogens with zero attached hydrogens (tertiary/aromatic N) is 1. The SMILES string of the molecule is O=S([O-])C1CNCCN1c1ccccc1. The number of para-hydroxylation sites is 1. The topological polar surface area (TPSA) is 55.4 Å². The summed E-state index contributed by atoms with van der Waals surface area (Å²) in [6.45, 7) is 2.04. The Morgan fingerprint density at radius 1 is 1.40 bits per heavy atom. The highest BCUT2D eigenvalue weighted by atomic mass is 32.2. The summed E-state index contributed by atoms with van der Waals surface area (Å²) in [6, 6.07) is 9.63. The summed E-state index contributed by atoms with van der Waals surface area (Å²) in [5.41, 5.74) is 0.966. The van der Waals surface area contributed by atoms with Gasteiger partial charge in [0.2, 0.25) is 0 Å². The van der Waals surface area contributed by atoms with E-state index < -0.39 is 16.5 Å². The number of piperazine rings is 1. The number of hydrogen-bond acceptors (Lipinski definition) is 4. The van der Waals surface area contributed by atoms with Crippen LogP contribution in [0, 0.1) is 0 Å². The van der Waals surface area contributed by atoms with Crippen LogP contribution in [0.2, 0.25) is 0 Å². The van der Waals surface area contributed by atoms with Crippen LogP contribution in [-0.2, 0) is 11.1 Å². The second kappa shape index (κ2) is 4.74. The highest BCUT2D eigenvalue weighted by Gasteiger charge is 2.22. The van der Waals surface area contributed by atoms with Crippen LogP contribution in [-0.4, -0.2) is 33.8 Å². The van der Waals surface area contributed by atoms with Crippen LogP contribution in [0.4, 0.5) is 5.69 Å². The summed E-state index contributed by atoms with van der Waals surface area (Å²) in [5.74, 6) is 0. The molecule has 0 bridgehead atoms. The zero-order valence-electron chi connectivity index (χ0n) is 8.26. The van der Waals surface area contributed by atoms with E-state index in [0.29, 0.717) is 6.54 Å². The summed E-state index contributed by atoms with van der Waals surface area (Å²) in [4.78, 5) is 1.92. The highest BCUT2D eigenvalue weighted by molar-refractivity contribution is 7.80. The third-order valence-corrected chi connectivity index (χ3v) is 3.37. The zero-order valence-corrected chi connectivity index (χ0v) is 9.07. The van der Waals surface area contributed by atoms with Gasteiger partial charge in [0.1, 0.15) is 5.37 Å². The molecule has 2 atom stereocenters. The number of hydrogen-bond donors (Lipinski definition) is 1. The zero-order chi connectivity index (χ0) is 10.7. The van der Waals surface area contributed by atoms with Crippen molar-refractivity contribution < 1.29 is 8.76 Å². The van der Waals surface area contributed by atoms with E-state index in [4.69, 9.17) is 0 Å². The van der Waals surface area contributed by atoms with Gasteiger partial charge in [-0.1, -0.05) is 18.2 Å². The first kappa shape index (κ1) is 10.6. The van der Waals surface area contributed by atoms with Crippen molar-refractivity contribution in [2.75, 3.05) is 24.5 Å². The Morgan fingerprint density at radius 2 is 2.13 bits per heavy atom. The Labute approximate surface area is 91.6 Å². The lowest BCUT2D eigenvalue weighted by molar-refractivity contribution is 0.486. The van der Waals surface area contributed by atoms with Crippen LogP contribution in [0.5, 0.6) is 0 Å². The maximum Gasteiger partial charge on any atom is 0.104 e. The molecule has 0 aromatic heterocycles. The van der Waals surface area contributed by atoms with Gasteiger partial charge in [0.25, 0.3) is 0 Å². The lowest BCUT2D eigenvalue weighted by Gasteiger charge is -2.38. The molecule has 82 valence electrons. The Balaban J connectivity index is 2.22. The van der Waals surface area contributed by atoms with Gasteiger partial charge in [-0.2, -0.15) is 0 Å². The largest absolute Gasteiger partial charge is 0.771 e. The fraction of sp³-hybridized carbons (Fsp3) is 0.400. The molecular weight excluding hydrogens is 212 g/mol. The molecule has 5 heteroatoms. The number of anilines is 1. The molecule has 15 heavy (non-hydrogen) atoms. The second-order valence-corrected chi connectivity index (χ2v) is 4.51.